The van der Waals surface area contributed by atoms with Gasteiger partial charge < -0.3 is 9.80 Å². The Labute approximate surface area is 157 Å². The van der Waals surface area contributed by atoms with Crippen molar-refractivity contribution in [3.05, 3.63) is 45.2 Å². The van der Waals surface area contributed by atoms with Crippen LogP contribution in [0, 0.1) is 5.92 Å². The highest BCUT2D eigenvalue weighted by atomic mass is 35.5. The minimum atomic E-state index is 0.319. The average molecular weight is 376 g/mol. The first-order valence-corrected chi connectivity index (χ1v) is 10.1. The van der Waals surface area contributed by atoms with Gasteiger partial charge in [0.15, 0.2) is 0 Å². The molecule has 0 saturated carbocycles. The number of piperidine rings is 1. The molecule has 132 valence electrons. The molecular weight excluding hydrogens is 354 g/mol. The standard InChI is InChI=1S/C19H22ClN3OS/c20-16-1-2-18(21-12-16)22-7-3-14(4-8-22)11-19(24)23-9-5-17-15(13-23)6-10-25-17/h1-2,6,10,12,14H,3-5,7-9,11,13H2. The fourth-order valence-electron chi connectivity index (χ4n) is 3.76. The predicted octanol–water partition coefficient (Wildman–Crippen LogP) is 3.99. The predicted molar refractivity (Wildman–Crippen MR) is 102 cm³/mol. The Morgan fingerprint density at radius 2 is 2.08 bits per heavy atom. The van der Waals surface area contributed by atoms with E-state index in [1.165, 1.54) is 10.4 Å². The molecule has 2 aliphatic rings. The summed E-state index contributed by atoms with van der Waals surface area (Å²) in [6, 6.07) is 6.02. The van der Waals surface area contributed by atoms with E-state index >= 15 is 0 Å². The van der Waals surface area contributed by atoms with Crippen LogP contribution in [-0.4, -0.2) is 35.4 Å². The lowest BCUT2D eigenvalue weighted by molar-refractivity contribution is -0.133. The van der Waals surface area contributed by atoms with Crippen molar-refractivity contribution in [1.82, 2.24) is 9.88 Å². The summed E-state index contributed by atoms with van der Waals surface area (Å²) >= 11 is 7.72. The first kappa shape index (κ1) is 16.9. The third kappa shape index (κ3) is 3.82. The third-order valence-electron chi connectivity index (χ3n) is 5.27. The number of nitrogens with zero attached hydrogens (tertiary/aromatic N) is 3. The molecule has 2 aromatic rings. The summed E-state index contributed by atoms with van der Waals surface area (Å²) < 4.78 is 0. The maximum Gasteiger partial charge on any atom is 0.223 e. The lowest BCUT2D eigenvalue weighted by atomic mass is 9.92. The molecule has 6 heteroatoms. The van der Waals surface area contributed by atoms with Crippen molar-refractivity contribution in [2.24, 2.45) is 5.92 Å². The van der Waals surface area contributed by atoms with E-state index in [0.29, 0.717) is 23.3 Å². The molecule has 0 atom stereocenters. The van der Waals surface area contributed by atoms with Crippen molar-refractivity contribution >= 4 is 34.7 Å². The summed E-state index contributed by atoms with van der Waals surface area (Å²) in [5.74, 6) is 1.79. The third-order valence-corrected chi connectivity index (χ3v) is 6.52. The number of thiophene rings is 1. The molecule has 0 spiro atoms. The molecular formula is C19H22ClN3OS. The monoisotopic (exact) mass is 375 g/mol. The zero-order valence-electron chi connectivity index (χ0n) is 14.2. The number of carbonyl (C=O) groups excluding carboxylic acids is 1. The van der Waals surface area contributed by atoms with Gasteiger partial charge in [0.2, 0.25) is 5.91 Å². The molecule has 4 nitrogen and oxygen atoms in total. The Morgan fingerprint density at radius 3 is 2.84 bits per heavy atom. The van der Waals surface area contributed by atoms with Gasteiger partial charge in [-0.2, -0.15) is 0 Å². The summed E-state index contributed by atoms with van der Waals surface area (Å²) in [4.78, 5) is 22.9. The number of hydrogen-bond acceptors (Lipinski definition) is 4. The molecule has 0 radical (unpaired) electrons. The normalized spacial score (nSPS) is 18.3. The molecule has 25 heavy (non-hydrogen) atoms. The van der Waals surface area contributed by atoms with E-state index in [4.69, 9.17) is 11.6 Å². The van der Waals surface area contributed by atoms with Crippen LogP contribution in [-0.2, 0) is 17.8 Å². The first-order chi connectivity index (χ1) is 12.2. The molecule has 0 bridgehead atoms. The van der Waals surface area contributed by atoms with E-state index in [9.17, 15) is 4.79 Å². The van der Waals surface area contributed by atoms with Crippen LogP contribution in [0.3, 0.4) is 0 Å². The topological polar surface area (TPSA) is 36.4 Å². The van der Waals surface area contributed by atoms with Crippen LogP contribution in [0.1, 0.15) is 29.7 Å². The van der Waals surface area contributed by atoms with Crippen molar-refractivity contribution in [2.45, 2.75) is 32.2 Å². The largest absolute Gasteiger partial charge is 0.357 e. The molecule has 2 aromatic heterocycles. The fraction of sp³-hybridized carbons (Fsp3) is 0.474. The molecule has 0 aliphatic carbocycles. The van der Waals surface area contributed by atoms with Gasteiger partial charge in [-0.3, -0.25) is 4.79 Å². The summed E-state index contributed by atoms with van der Waals surface area (Å²) in [7, 11) is 0. The van der Waals surface area contributed by atoms with Crippen molar-refractivity contribution < 1.29 is 4.79 Å². The second-order valence-electron chi connectivity index (χ2n) is 6.90. The molecule has 0 unspecified atom stereocenters. The van der Waals surface area contributed by atoms with E-state index in [0.717, 1.165) is 51.3 Å². The number of fused-ring (bicyclic) bond motifs is 1. The quantitative estimate of drug-likeness (QED) is 0.813. The highest BCUT2D eigenvalue weighted by Gasteiger charge is 2.26. The molecule has 4 rings (SSSR count). The SMILES string of the molecule is O=C(CC1CCN(c2ccc(Cl)cn2)CC1)N1CCc2sccc2C1. The minimum absolute atomic E-state index is 0.319. The average Bonchev–Trinajstić information content (AvgIpc) is 3.11. The Bertz CT molecular complexity index is 737. The van der Waals surface area contributed by atoms with Crippen LogP contribution in [0.2, 0.25) is 5.02 Å². The second kappa shape index (κ2) is 7.34. The number of amides is 1. The summed E-state index contributed by atoms with van der Waals surface area (Å²) in [5.41, 5.74) is 1.34. The van der Waals surface area contributed by atoms with Crippen LogP contribution in [0.25, 0.3) is 0 Å². The zero-order valence-corrected chi connectivity index (χ0v) is 15.7. The van der Waals surface area contributed by atoms with E-state index in [2.05, 4.69) is 21.3 Å². The summed E-state index contributed by atoms with van der Waals surface area (Å²) in [6.45, 7) is 3.59. The van der Waals surface area contributed by atoms with Gasteiger partial charge in [-0.05, 0) is 54.3 Å². The van der Waals surface area contributed by atoms with E-state index < -0.39 is 0 Å². The lowest BCUT2D eigenvalue weighted by Gasteiger charge is -2.34. The Kier molecular flexibility index (Phi) is 4.95. The number of anilines is 1. The van der Waals surface area contributed by atoms with Crippen LogP contribution in [0.15, 0.2) is 29.8 Å². The highest BCUT2D eigenvalue weighted by Crippen LogP contribution is 2.28. The Balaban J connectivity index is 1.28. The molecule has 0 aromatic carbocycles. The molecule has 1 saturated heterocycles. The van der Waals surface area contributed by atoms with Gasteiger partial charge in [0, 0.05) is 43.7 Å². The van der Waals surface area contributed by atoms with Gasteiger partial charge in [-0.1, -0.05) is 11.6 Å². The number of carbonyl (C=O) groups is 1. The van der Waals surface area contributed by atoms with E-state index in [1.54, 1.807) is 6.20 Å². The summed E-state index contributed by atoms with van der Waals surface area (Å²) in [5, 5.41) is 2.80. The first-order valence-electron chi connectivity index (χ1n) is 8.88. The summed E-state index contributed by atoms with van der Waals surface area (Å²) in [6.07, 6.45) is 5.49. The van der Waals surface area contributed by atoms with Crippen molar-refractivity contribution in [2.75, 3.05) is 24.5 Å². The van der Waals surface area contributed by atoms with Gasteiger partial charge in [-0.25, -0.2) is 4.98 Å². The highest BCUT2D eigenvalue weighted by molar-refractivity contribution is 7.10. The van der Waals surface area contributed by atoms with Crippen molar-refractivity contribution in [3.63, 3.8) is 0 Å². The zero-order chi connectivity index (χ0) is 17.2. The van der Waals surface area contributed by atoms with Crippen LogP contribution >= 0.6 is 22.9 Å². The van der Waals surface area contributed by atoms with Gasteiger partial charge in [0.25, 0.3) is 0 Å². The maximum atomic E-state index is 12.7. The molecule has 1 fully saturated rings. The number of aromatic nitrogens is 1. The Hall–Kier alpha value is -1.59. The van der Waals surface area contributed by atoms with Crippen LogP contribution in [0.4, 0.5) is 5.82 Å². The lowest BCUT2D eigenvalue weighted by Crippen LogP contribution is -2.39. The van der Waals surface area contributed by atoms with Crippen LogP contribution in [0.5, 0.6) is 0 Å². The number of hydrogen-bond donors (Lipinski definition) is 0. The van der Waals surface area contributed by atoms with Gasteiger partial charge in [0.05, 0.1) is 5.02 Å². The van der Waals surface area contributed by atoms with Gasteiger partial charge in [0.1, 0.15) is 5.82 Å². The fourth-order valence-corrected chi connectivity index (χ4v) is 4.76. The van der Waals surface area contributed by atoms with E-state index in [1.807, 2.05) is 28.4 Å². The van der Waals surface area contributed by atoms with Crippen molar-refractivity contribution in [1.29, 1.82) is 0 Å². The molecule has 4 heterocycles. The van der Waals surface area contributed by atoms with Crippen molar-refractivity contribution in [3.8, 4) is 0 Å². The number of halogens is 1. The van der Waals surface area contributed by atoms with Gasteiger partial charge >= 0.3 is 0 Å². The Morgan fingerprint density at radius 1 is 1.24 bits per heavy atom. The number of rotatable bonds is 3. The minimum Gasteiger partial charge on any atom is -0.357 e. The smallest absolute Gasteiger partial charge is 0.223 e. The molecule has 0 N–H and O–H groups in total. The van der Waals surface area contributed by atoms with Crippen LogP contribution < -0.4 is 4.90 Å². The van der Waals surface area contributed by atoms with E-state index in [-0.39, 0.29) is 0 Å². The second-order valence-corrected chi connectivity index (χ2v) is 8.34. The number of pyridine rings is 1. The molecule has 2 aliphatic heterocycles. The molecule has 1 amide bonds. The maximum absolute atomic E-state index is 12.7. The van der Waals surface area contributed by atoms with Gasteiger partial charge in [-0.15, -0.1) is 11.3 Å².